The maximum absolute atomic E-state index is 13.0. The average Bonchev–Trinajstić information content (AvgIpc) is 2.70. The predicted octanol–water partition coefficient (Wildman–Crippen LogP) is 3.78. The van der Waals surface area contributed by atoms with Crippen molar-refractivity contribution in [3.05, 3.63) is 35.7 Å². The molecule has 7 heteroatoms. The van der Waals surface area contributed by atoms with Crippen LogP contribution < -0.4 is 5.32 Å². The molecule has 0 radical (unpaired) electrons. The molecular formula is C23H35FN4O2. The number of aromatic nitrogens is 2. The summed E-state index contributed by atoms with van der Waals surface area (Å²) in [6.07, 6.45) is 1.51. The van der Waals surface area contributed by atoms with E-state index in [1.807, 2.05) is 39.0 Å². The Kier molecular flexibility index (Phi) is 8.26. The number of alkyl halides is 1. The first-order valence-corrected chi connectivity index (χ1v) is 10.5. The number of rotatable bonds is 11. The number of hydrogen-bond acceptors (Lipinski definition) is 5. The molecule has 1 N–H and O–H groups in total. The van der Waals surface area contributed by atoms with Gasteiger partial charge in [0.05, 0.1) is 37.1 Å². The zero-order valence-corrected chi connectivity index (χ0v) is 19.1. The molecule has 2 aromatic rings. The number of hydrogen-bond donors (Lipinski definition) is 1. The van der Waals surface area contributed by atoms with E-state index in [-0.39, 0.29) is 11.4 Å². The molecule has 0 bridgehead atoms. The maximum Gasteiger partial charge on any atom is 0.271 e. The van der Waals surface area contributed by atoms with Crippen LogP contribution in [0.25, 0.3) is 11.0 Å². The summed E-state index contributed by atoms with van der Waals surface area (Å²) in [4.78, 5) is 23.5. The summed E-state index contributed by atoms with van der Waals surface area (Å²) in [6, 6.07) is 5.78. The highest BCUT2D eigenvalue weighted by Gasteiger charge is 2.27. The number of carbonyl (C=O) groups is 1. The van der Waals surface area contributed by atoms with E-state index in [1.165, 1.54) is 6.20 Å². The largest absolute Gasteiger partial charge is 0.379 e. The van der Waals surface area contributed by atoms with Crippen LogP contribution in [0.2, 0.25) is 0 Å². The van der Waals surface area contributed by atoms with Crippen LogP contribution in [0, 0.1) is 12.3 Å². The van der Waals surface area contributed by atoms with Crippen LogP contribution in [0.15, 0.2) is 24.4 Å². The van der Waals surface area contributed by atoms with Gasteiger partial charge >= 0.3 is 0 Å². The van der Waals surface area contributed by atoms with Crippen LogP contribution in [0.4, 0.5) is 4.39 Å². The number of nitrogens with zero attached hydrogens (tertiary/aromatic N) is 3. The molecule has 0 saturated heterocycles. The number of carbonyl (C=O) groups excluding carboxylic acids is 1. The van der Waals surface area contributed by atoms with Gasteiger partial charge in [-0.15, -0.1) is 0 Å². The van der Waals surface area contributed by atoms with Crippen LogP contribution in [0.1, 0.15) is 50.7 Å². The van der Waals surface area contributed by atoms with Gasteiger partial charge in [0.1, 0.15) is 5.69 Å². The van der Waals surface area contributed by atoms with Crippen LogP contribution in [-0.4, -0.2) is 65.8 Å². The lowest BCUT2D eigenvalue weighted by molar-refractivity contribution is -0.0190. The number of benzene rings is 1. The second-order valence-electron chi connectivity index (χ2n) is 9.19. The third-order valence-corrected chi connectivity index (χ3v) is 5.15. The van der Waals surface area contributed by atoms with Crippen LogP contribution >= 0.6 is 0 Å². The van der Waals surface area contributed by atoms with E-state index in [1.54, 1.807) is 0 Å². The fourth-order valence-electron chi connectivity index (χ4n) is 3.22. The Hall–Kier alpha value is -2.12. The van der Waals surface area contributed by atoms with Gasteiger partial charge in [-0.05, 0) is 45.0 Å². The van der Waals surface area contributed by atoms with Gasteiger partial charge in [-0.3, -0.25) is 19.1 Å². The Balaban J connectivity index is 1.88. The normalized spacial score (nSPS) is 12.5. The molecule has 1 amide bonds. The van der Waals surface area contributed by atoms with Crippen molar-refractivity contribution in [1.29, 1.82) is 0 Å². The summed E-state index contributed by atoms with van der Waals surface area (Å²) in [7, 11) is 0. The van der Waals surface area contributed by atoms with E-state index >= 15 is 0 Å². The summed E-state index contributed by atoms with van der Waals surface area (Å²) < 4.78 is 18.8. The van der Waals surface area contributed by atoms with Gasteiger partial charge in [0, 0.05) is 24.0 Å². The molecule has 0 aliphatic carbocycles. The number of amides is 1. The van der Waals surface area contributed by atoms with E-state index in [0.29, 0.717) is 37.5 Å². The van der Waals surface area contributed by atoms with Crippen molar-refractivity contribution in [3.63, 3.8) is 0 Å². The lowest BCUT2D eigenvalue weighted by Crippen LogP contribution is -2.50. The van der Waals surface area contributed by atoms with Crippen molar-refractivity contribution in [2.45, 2.75) is 47.1 Å². The number of nitrogens with one attached hydrogen (secondary N) is 1. The number of aryl methyl sites for hydroxylation is 1. The molecule has 0 saturated carbocycles. The van der Waals surface area contributed by atoms with Gasteiger partial charge in [0.2, 0.25) is 0 Å². The minimum atomic E-state index is -0.472. The standard InChI is InChI=1S/C23H35FN4O2/c1-7-28(23(5,6)16-30-15-22(3,4)14-24)11-10-25-21(29)20-13-26-19-12-17(2)8-9-18(19)27-20/h8-9,12-13H,7,10-11,14-16H2,1-6H3,(H,25,29). The van der Waals surface area contributed by atoms with Crippen molar-refractivity contribution in [2.24, 2.45) is 5.41 Å². The number of ether oxygens (including phenoxy) is 1. The molecule has 30 heavy (non-hydrogen) atoms. The molecule has 1 heterocycles. The topological polar surface area (TPSA) is 67.4 Å². The van der Waals surface area contributed by atoms with Crippen LogP contribution in [-0.2, 0) is 4.74 Å². The second-order valence-corrected chi connectivity index (χ2v) is 9.19. The van der Waals surface area contributed by atoms with Gasteiger partial charge in [0.25, 0.3) is 5.91 Å². The Labute approximate surface area is 179 Å². The van der Waals surface area contributed by atoms with Gasteiger partial charge in [-0.1, -0.05) is 26.8 Å². The lowest BCUT2D eigenvalue weighted by atomic mass is 9.97. The van der Waals surface area contributed by atoms with Gasteiger partial charge in [-0.25, -0.2) is 4.98 Å². The zero-order valence-electron chi connectivity index (χ0n) is 19.1. The van der Waals surface area contributed by atoms with E-state index in [2.05, 4.69) is 41.0 Å². The van der Waals surface area contributed by atoms with Crippen molar-refractivity contribution in [1.82, 2.24) is 20.2 Å². The minimum absolute atomic E-state index is 0.230. The van der Waals surface area contributed by atoms with Crippen molar-refractivity contribution >= 4 is 16.9 Å². The molecule has 1 aromatic carbocycles. The summed E-state index contributed by atoms with van der Waals surface area (Å²) >= 11 is 0. The van der Waals surface area contributed by atoms with Crippen molar-refractivity contribution in [2.75, 3.05) is 39.5 Å². The molecule has 2 rings (SSSR count). The minimum Gasteiger partial charge on any atom is -0.379 e. The first-order chi connectivity index (χ1) is 14.1. The number of fused-ring (bicyclic) bond motifs is 1. The van der Waals surface area contributed by atoms with Crippen molar-refractivity contribution < 1.29 is 13.9 Å². The van der Waals surface area contributed by atoms with E-state index < -0.39 is 12.1 Å². The molecular weight excluding hydrogens is 383 g/mol. The Bertz CT molecular complexity index is 854. The molecule has 0 spiro atoms. The lowest BCUT2D eigenvalue weighted by Gasteiger charge is -2.38. The molecule has 0 atom stereocenters. The van der Waals surface area contributed by atoms with E-state index in [4.69, 9.17) is 4.74 Å². The Morgan fingerprint density at radius 1 is 1.20 bits per heavy atom. The first-order valence-electron chi connectivity index (χ1n) is 10.5. The second kappa shape index (κ2) is 10.3. The fourth-order valence-corrected chi connectivity index (χ4v) is 3.22. The highest BCUT2D eigenvalue weighted by molar-refractivity contribution is 5.93. The maximum atomic E-state index is 13.0. The molecule has 6 nitrogen and oxygen atoms in total. The third kappa shape index (κ3) is 6.71. The predicted molar refractivity (Wildman–Crippen MR) is 119 cm³/mol. The summed E-state index contributed by atoms with van der Waals surface area (Å²) in [5.74, 6) is -0.236. The number of likely N-dealkylation sites (N-methyl/N-ethyl adjacent to an activating group) is 1. The molecule has 0 unspecified atom stereocenters. The summed E-state index contributed by atoms with van der Waals surface area (Å²) in [5, 5.41) is 2.93. The van der Waals surface area contributed by atoms with Gasteiger partial charge in [-0.2, -0.15) is 0 Å². The quantitative estimate of drug-likeness (QED) is 0.602. The van der Waals surface area contributed by atoms with Crippen molar-refractivity contribution in [3.8, 4) is 0 Å². The van der Waals surface area contributed by atoms with E-state index in [9.17, 15) is 9.18 Å². The third-order valence-electron chi connectivity index (χ3n) is 5.15. The van der Waals surface area contributed by atoms with Gasteiger partial charge < -0.3 is 10.1 Å². The molecule has 0 fully saturated rings. The smallest absolute Gasteiger partial charge is 0.271 e. The average molecular weight is 419 g/mol. The zero-order chi connectivity index (χ0) is 22.4. The molecule has 166 valence electrons. The highest BCUT2D eigenvalue weighted by atomic mass is 19.1. The van der Waals surface area contributed by atoms with Crippen LogP contribution in [0.5, 0.6) is 0 Å². The SMILES string of the molecule is CCN(CCNC(=O)c1cnc2cc(C)ccc2n1)C(C)(C)COCC(C)(C)CF. The number of halogens is 1. The van der Waals surface area contributed by atoms with Gasteiger partial charge in [0.15, 0.2) is 0 Å². The molecule has 1 aromatic heterocycles. The highest BCUT2D eigenvalue weighted by Crippen LogP contribution is 2.19. The molecule has 0 aliphatic heterocycles. The Morgan fingerprint density at radius 2 is 1.93 bits per heavy atom. The molecule has 0 aliphatic rings. The van der Waals surface area contributed by atoms with E-state index in [0.717, 1.165) is 17.6 Å². The fraction of sp³-hybridized carbons (Fsp3) is 0.609. The summed E-state index contributed by atoms with van der Waals surface area (Å²) in [5.41, 5.74) is 2.20. The first kappa shape index (κ1) is 24.2. The Morgan fingerprint density at radius 3 is 2.60 bits per heavy atom. The van der Waals surface area contributed by atoms with Crippen LogP contribution in [0.3, 0.4) is 0 Å². The summed E-state index contributed by atoms with van der Waals surface area (Å²) in [6.45, 7) is 14.4. The monoisotopic (exact) mass is 418 g/mol.